The van der Waals surface area contributed by atoms with Crippen molar-refractivity contribution in [1.82, 2.24) is 0 Å². The minimum absolute atomic E-state index is 0.268. The molecule has 0 bridgehead atoms. The zero-order valence-corrected chi connectivity index (χ0v) is 9.32. The maximum atomic E-state index is 12.4. The Morgan fingerprint density at radius 3 is 1.50 bits per heavy atom. The summed E-state index contributed by atoms with van der Waals surface area (Å²) in [5.41, 5.74) is -1.15. The van der Waals surface area contributed by atoms with Crippen LogP contribution in [0, 0.1) is 0 Å². The van der Waals surface area contributed by atoms with E-state index in [9.17, 15) is 12.9 Å². The van der Waals surface area contributed by atoms with Crippen LogP contribution in [0.2, 0.25) is 20.1 Å². The van der Waals surface area contributed by atoms with Gasteiger partial charge in [-0.05, 0) is 6.07 Å². The Bertz CT molecular complexity index is 350. The molecule has 0 radical (unpaired) electrons. The van der Waals surface area contributed by atoms with E-state index in [1.807, 2.05) is 0 Å². The summed E-state index contributed by atoms with van der Waals surface area (Å²) >= 11 is 21.6. The van der Waals surface area contributed by atoms with Crippen molar-refractivity contribution < 1.29 is 12.9 Å². The molecule has 78 valence electrons. The van der Waals surface area contributed by atoms with Crippen molar-refractivity contribution in [2.75, 3.05) is 0 Å². The lowest BCUT2D eigenvalue weighted by molar-refractivity contribution is 0.501. The highest BCUT2D eigenvalue weighted by molar-refractivity contribution is 6.79. The van der Waals surface area contributed by atoms with Crippen molar-refractivity contribution in [1.29, 1.82) is 0 Å². The van der Waals surface area contributed by atoms with Gasteiger partial charge in [0.2, 0.25) is 0 Å². The zero-order valence-electron chi connectivity index (χ0n) is 6.30. The van der Waals surface area contributed by atoms with Gasteiger partial charge in [-0.3, -0.25) is 0 Å². The van der Waals surface area contributed by atoms with Gasteiger partial charge in [0.15, 0.2) is 0 Å². The minimum Gasteiger partial charge on any atom is -0.445 e. The summed E-state index contributed by atoms with van der Waals surface area (Å²) in [5, 5.41) is -1.77. The molecule has 14 heavy (non-hydrogen) atoms. The molecule has 0 spiro atoms. The molecule has 1 aromatic rings. The largest absolute Gasteiger partial charge is 0.512 e. The van der Waals surface area contributed by atoms with Gasteiger partial charge in [0.05, 0.1) is 10.0 Å². The molecule has 1 rings (SSSR count). The fourth-order valence-corrected chi connectivity index (χ4v) is 1.95. The van der Waals surface area contributed by atoms with Crippen molar-refractivity contribution in [3.63, 3.8) is 0 Å². The summed E-state index contributed by atoms with van der Waals surface area (Å²) < 4.78 is 37.3. The van der Waals surface area contributed by atoms with Crippen LogP contribution in [0.25, 0.3) is 0 Å². The summed E-state index contributed by atoms with van der Waals surface area (Å²) in [6.45, 7) is -5.33. The van der Waals surface area contributed by atoms with Gasteiger partial charge in [0.1, 0.15) is 0 Å². The summed E-state index contributed by atoms with van der Waals surface area (Å²) in [6.07, 6.45) is 0. The average molecular weight is 283 g/mol. The van der Waals surface area contributed by atoms with E-state index in [0.717, 1.165) is 6.07 Å². The van der Waals surface area contributed by atoms with E-state index in [4.69, 9.17) is 46.4 Å². The van der Waals surface area contributed by atoms with Gasteiger partial charge < -0.3 is 12.9 Å². The van der Waals surface area contributed by atoms with Crippen molar-refractivity contribution in [3.8, 4) is 0 Å². The van der Waals surface area contributed by atoms with Crippen molar-refractivity contribution in [3.05, 3.63) is 26.2 Å². The van der Waals surface area contributed by atoms with Crippen LogP contribution in [-0.4, -0.2) is 6.98 Å². The smallest absolute Gasteiger partial charge is 0.445 e. The first-order chi connectivity index (χ1) is 6.25. The Morgan fingerprint density at radius 2 is 1.21 bits per heavy atom. The first-order valence-electron chi connectivity index (χ1n) is 3.28. The summed E-state index contributed by atoms with van der Waals surface area (Å²) in [4.78, 5) is 0. The van der Waals surface area contributed by atoms with Crippen LogP contribution in [-0.2, 0) is 0 Å². The van der Waals surface area contributed by atoms with Crippen LogP contribution in [0.3, 0.4) is 0 Å². The lowest BCUT2D eigenvalue weighted by Gasteiger charge is -2.19. The van der Waals surface area contributed by atoms with Gasteiger partial charge in [-0.1, -0.05) is 51.9 Å². The predicted molar refractivity (Wildman–Crippen MR) is 55.2 cm³/mol. The lowest BCUT2D eigenvalue weighted by atomic mass is 9.80. The zero-order chi connectivity index (χ0) is 11.1. The van der Waals surface area contributed by atoms with E-state index in [2.05, 4.69) is 0 Å². The van der Waals surface area contributed by atoms with Crippen molar-refractivity contribution in [2.24, 2.45) is 0 Å². The normalized spacial score (nSPS) is 11.9. The monoisotopic (exact) mass is 281 g/mol. The minimum atomic E-state index is -5.33. The topological polar surface area (TPSA) is 0 Å². The van der Waals surface area contributed by atoms with Gasteiger partial charge in [-0.25, -0.2) is 0 Å². The Hall–Kier alpha value is 0.235. The first-order valence-corrected chi connectivity index (χ1v) is 4.79. The molecule has 0 aliphatic heterocycles. The Morgan fingerprint density at radius 1 is 0.857 bits per heavy atom. The van der Waals surface area contributed by atoms with Gasteiger partial charge in [-0.2, -0.15) is 0 Å². The maximum Gasteiger partial charge on any atom is 0.512 e. The standard InChI is InChI=1S/C6HBCl4F3/c8-2-1-3(9)6(11)4(5(2)10)7(12,13)14/h1H/q-1. The second-order valence-electron chi connectivity index (χ2n) is 2.46. The summed E-state index contributed by atoms with van der Waals surface area (Å²) in [7, 11) is 0. The maximum absolute atomic E-state index is 12.4. The SMILES string of the molecule is F[B-](F)(F)c1c(Cl)c(Cl)cc(Cl)c1Cl. The molecule has 8 heteroatoms. The quantitative estimate of drug-likeness (QED) is 0.530. The Labute approximate surface area is 97.9 Å². The van der Waals surface area contributed by atoms with Crippen LogP contribution < -0.4 is 5.46 Å². The second-order valence-corrected chi connectivity index (χ2v) is 4.03. The molecule has 0 heterocycles. The summed E-state index contributed by atoms with van der Waals surface area (Å²) in [6, 6.07) is 1.07. The Kier molecular flexibility index (Phi) is 3.52. The van der Waals surface area contributed by atoms with E-state index in [1.165, 1.54) is 0 Å². The number of rotatable bonds is 1. The van der Waals surface area contributed by atoms with E-state index in [-0.39, 0.29) is 10.0 Å². The predicted octanol–water partition coefficient (Wildman–Crippen LogP) is 4.35. The molecule has 0 atom stereocenters. The van der Waals surface area contributed by atoms with Gasteiger partial charge in [0.25, 0.3) is 0 Å². The van der Waals surface area contributed by atoms with Crippen LogP contribution >= 0.6 is 46.4 Å². The number of benzene rings is 1. The van der Waals surface area contributed by atoms with Gasteiger partial charge >= 0.3 is 6.98 Å². The molecule has 0 aliphatic carbocycles. The molecule has 0 unspecified atom stereocenters. The van der Waals surface area contributed by atoms with Crippen LogP contribution in [0.4, 0.5) is 12.9 Å². The third-order valence-electron chi connectivity index (χ3n) is 1.47. The van der Waals surface area contributed by atoms with Gasteiger partial charge in [0, 0.05) is 10.0 Å². The molecule has 0 nitrogen and oxygen atoms in total. The Balaban J connectivity index is 3.56. The highest BCUT2D eigenvalue weighted by Crippen LogP contribution is 2.33. The average Bonchev–Trinajstić information content (AvgIpc) is 1.98. The highest BCUT2D eigenvalue weighted by atomic mass is 35.5. The second kappa shape index (κ2) is 4.01. The molecule has 1 aromatic carbocycles. The highest BCUT2D eigenvalue weighted by Gasteiger charge is 2.32. The number of hydrogen-bond acceptors (Lipinski definition) is 0. The third kappa shape index (κ3) is 2.24. The fourth-order valence-electron chi connectivity index (χ4n) is 0.879. The lowest BCUT2D eigenvalue weighted by Crippen LogP contribution is -2.36. The third-order valence-corrected chi connectivity index (χ3v) is 3.08. The van der Waals surface area contributed by atoms with Crippen molar-refractivity contribution >= 4 is 58.8 Å². The molecule has 0 aromatic heterocycles. The number of halogens is 7. The fraction of sp³-hybridized carbons (Fsp3) is 0. The molecule has 0 aliphatic rings. The van der Waals surface area contributed by atoms with E-state index in [0.29, 0.717) is 0 Å². The molecular formula is C6HBCl4F3-. The summed E-state index contributed by atoms with van der Waals surface area (Å²) in [5.74, 6) is 0. The molecular weight excluding hydrogens is 282 g/mol. The molecule has 0 fully saturated rings. The molecule has 0 N–H and O–H groups in total. The van der Waals surface area contributed by atoms with E-state index < -0.39 is 22.5 Å². The van der Waals surface area contributed by atoms with Crippen LogP contribution in [0.5, 0.6) is 0 Å². The molecule has 0 saturated carbocycles. The van der Waals surface area contributed by atoms with Gasteiger partial charge in [-0.15, -0.1) is 0 Å². The van der Waals surface area contributed by atoms with E-state index >= 15 is 0 Å². The first kappa shape index (κ1) is 12.3. The molecule has 0 saturated heterocycles. The molecule has 0 amide bonds. The van der Waals surface area contributed by atoms with Crippen LogP contribution in [0.1, 0.15) is 0 Å². The number of hydrogen-bond donors (Lipinski definition) is 0. The van der Waals surface area contributed by atoms with Crippen LogP contribution in [0.15, 0.2) is 6.07 Å². The van der Waals surface area contributed by atoms with E-state index in [1.54, 1.807) is 0 Å². The van der Waals surface area contributed by atoms with Crippen molar-refractivity contribution in [2.45, 2.75) is 0 Å².